The average Bonchev–Trinajstić information content (AvgIpc) is 3.39. The Balaban J connectivity index is 1.45. The summed E-state index contributed by atoms with van der Waals surface area (Å²) in [4.78, 5) is 16.4. The Labute approximate surface area is 205 Å². The van der Waals surface area contributed by atoms with Crippen molar-refractivity contribution in [2.24, 2.45) is 0 Å². The summed E-state index contributed by atoms with van der Waals surface area (Å²) in [5, 5.41) is 13.8. The third-order valence-electron chi connectivity index (χ3n) is 6.30. The van der Waals surface area contributed by atoms with Crippen molar-refractivity contribution < 1.29 is 9.53 Å². The molecule has 6 nitrogen and oxygen atoms in total. The fourth-order valence-electron chi connectivity index (χ4n) is 4.17. The van der Waals surface area contributed by atoms with Crippen molar-refractivity contribution in [3.63, 3.8) is 0 Å². The number of amides is 1. The highest BCUT2D eigenvalue weighted by Gasteiger charge is 2.19. The average molecular weight is 477 g/mol. The second-order valence-corrected chi connectivity index (χ2v) is 9.75. The number of nitrogens with zero attached hydrogens (tertiary/aromatic N) is 1. The highest BCUT2D eigenvalue weighted by molar-refractivity contribution is 7.10. The summed E-state index contributed by atoms with van der Waals surface area (Å²) in [6, 6.07) is 16.7. The van der Waals surface area contributed by atoms with Gasteiger partial charge in [0.1, 0.15) is 11.9 Å². The summed E-state index contributed by atoms with van der Waals surface area (Å²) < 4.78 is 6.12. The molecule has 1 aliphatic heterocycles. The molecular weight excluding hydrogens is 444 g/mol. The van der Waals surface area contributed by atoms with Gasteiger partial charge in [-0.1, -0.05) is 13.0 Å². The Bertz CT molecular complexity index is 1120. The van der Waals surface area contributed by atoms with Crippen molar-refractivity contribution in [3.05, 3.63) is 81.5 Å². The van der Waals surface area contributed by atoms with E-state index in [1.54, 1.807) is 29.5 Å². The van der Waals surface area contributed by atoms with Gasteiger partial charge in [0.15, 0.2) is 0 Å². The van der Waals surface area contributed by atoms with Gasteiger partial charge in [-0.3, -0.25) is 10.2 Å². The normalized spacial score (nSPS) is 15.6. The molecule has 1 amide bonds. The molecule has 0 radical (unpaired) electrons. The summed E-state index contributed by atoms with van der Waals surface area (Å²) >= 11 is 1.63. The molecule has 34 heavy (non-hydrogen) atoms. The lowest BCUT2D eigenvalue weighted by molar-refractivity contribution is 0.0936. The number of benzene rings is 2. The van der Waals surface area contributed by atoms with Gasteiger partial charge in [0.05, 0.1) is 11.8 Å². The van der Waals surface area contributed by atoms with E-state index in [1.165, 1.54) is 0 Å². The van der Waals surface area contributed by atoms with Gasteiger partial charge in [0.25, 0.3) is 5.91 Å². The first-order valence-corrected chi connectivity index (χ1v) is 12.6. The second-order valence-electron chi connectivity index (χ2n) is 8.77. The van der Waals surface area contributed by atoms with Crippen LogP contribution in [0, 0.1) is 5.41 Å². The van der Waals surface area contributed by atoms with E-state index in [2.05, 4.69) is 24.2 Å². The number of carbonyl (C=O) groups excluding carboxylic acids is 1. The van der Waals surface area contributed by atoms with Crippen LogP contribution in [-0.2, 0) is 0 Å². The molecule has 1 aromatic heterocycles. The van der Waals surface area contributed by atoms with Gasteiger partial charge < -0.3 is 20.7 Å². The Hall–Kier alpha value is -3.16. The largest absolute Gasteiger partial charge is 0.490 e. The van der Waals surface area contributed by atoms with Gasteiger partial charge in [-0.25, -0.2) is 0 Å². The van der Waals surface area contributed by atoms with Crippen molar-refractivity contribution in [1.29, 1.82) is 5.41 Å². The number of hydrogen-bond donors (Lipinski definition) is 3. The zero-order valence-electron chi connectivity index (χ0n) is 19.7. The maximum Gasteiger partial charge on any atom is 0.251 e. The van der Waals surface area contributed by atoms with Crippen molar-refractivity contribution in [2.45, 2.75) is 38.3 Å². The lowest BCUT2D eigenvalue weighted by atomic mass is 9.98. The molecule has 7 heteroatoms. The number of thiophene rings is 1. The van der Waals surface area contributed by atoms with Crippen molar-refractivity contribution in [1.82, 2.24) is 10.2 Å². The van der Waals surface area contributed by atoms with E-state index in [0.717, 1.165) is 48.5 Å². The van der Waals surface area contributed by atoms with Crippen LogP contribution >= 0.6 is 11.3 Å². The molecule has 0 saturated carbocycles. The molecule has 4 rings (SSSR count). The van der Waals surface area contributed by atoms with Crippen LogP contribution in [-0.4, -0.2) is 42.8 Å². The third kappa shape index (κ3) is 5.66. The van der Waals surface area contributed by atoms with Gasteiger partial charge in [-0.05, 0) is 80.2 Å². The maximum absolute atomic E-state index is 12.9. The number of nitrogens with one attached hydrogen (secondary N) is 2. The number of nitrogen functional groups attached to an aromatic ring is 1. The lowest BCUT2D eigenvalue weighted by Crippen LogP contribution is -2.35. The highest BCUT2D eigenvalue weighted by atomic mass is 32.1. The van der Waals surface area contributed by atoms with Crippen molar-refractivity contribution in [3.8, 4) is 5.75 Å². The minimum absolute atomic E-state index is 0.0370. The molecule has 1 atom stereocenters. The zero-order valence-corrected chi connectivity index (χ0v) is 20.5. The SMILES string of the molecule is CCC(NC(=O)c1ccc(N)c(C(=N)c2ccc(OC3CCN(C)CC3)cc2)c1)c1cccs1. The molecule has 3 aromatic rings. The molecule has 1 saturated heterocycles. The van der Waals surface area contributed by atoms with Crippen molar-refractivity contribution in [2.75, 3.05) is 25.9 Å². The predicted molar refractivity (Wildman–Crippen MR) is 139 cm³/mol. The summed E-state index contributed by atoms with van der Waals surface area (Å²) in [6.07, 6.45) is 3.07. The van der Waals surface area contributed by atoms with E-state index in [4.69, 9.17) is 15.9 Å². The molecule has 178 valence electrons. The first-order valence-electron chi connectivity index (χ1n) is 11.7. The van der Waals surface area contributed by atoms with E-state index in [0.29, 0.717) is 16.8 Å². The highest BCUT2D eigenvalue weighted by Crippen LogP contribution is 2.25. The molecule has 2 aromatic carbocycles. The lowest BCUT2D eigenvalue weighted by Gasteiger charge is -2.29. The second kappa shape index (κ2) is 10.8. The van der Waals surface area contributed by atoms with Gasteiger partial charge in [0.2, 0.25) is 0 Å². The minimum atomic E-state index is -0.170. The molecule has 1 fully saturated rings. The van der Waals surface area contributed by atoms with Crippen LogP contribution in [0.3, 0.4) is 0 Å². The number of ether oxygens (including phenoxy) is 1. The van der Waals surface area contributed by atoms with Crippen LogP contribution in [0.4, 0.5) is 5.69 Å². The van der Waals surface area contributed by atoms with E-state index >= 15 is 0 Å². The summed E-state index contributed by atoms with van der Waals surface area (Å²) in [7, 11) is 2.13. The van der Waals surface area contributed by atoms with Crippen molar-refractivity contribution >= 4 is 28.6 Å². The van der Waals surface area contributed by atoms with E-state index in [1.807, 2.05) is 41.8 Å². The van der Waals surface area contributed by atoms with Crippen LogP contribution in [0.5, 0.6) is 5.75 Å². The molecule has 0 aliphatic carbocycles. The molecule has 1 aliphatic rings. The van der Waals surface area contributed by atoms with Crippen LogP contribution < -0.4 is 15.8 Å². The first-order chi connectivity index (χ1) is 16.4. The number of hydrogen-bond acceptors (Lipinski definition) is 6. The molecule has 0 spiro atoms. The Morgan fingerprint density at radius 1 is 1.18 bits per heavy atom. The summed E-state index contributed by atoms with van der Waals surface area (Å²) in [5.41, 5.74) is 8.71. The van der Waals surface area contributed by atoms with Crippen LogP contribution in [0.1, 0.15) is 58.6 Å². The summed E-state index contributed by atoms with van der Waals surface area (Å²) in [5.74, 6) is 0.641. The quantitative estimate of drug-likeness (QED) is 0.312. The topological polar surface area (TPSA) is 91.4 Å². The molecule has 4 N–H and O–H groups in total. The monoisotopic (exact) mass is 476 g/mol. The van der Waals surface area contributed by atoms with Gasteiger partial charge >= 0.3 is 0 Å². The Morgan fingerprint density at radius 2 is 1.88 bits per heavy atom. The van der Waals surface area contributed by atoms with Crippen LogP contribution in [0.15, 0.2) is 60.0 Å². The summed E-state index contributed by atoms with van der Waals surface area (Å²) in [6.45, 7) is 4.14. The predicted octanol–water partition coefficient (Wildman–Crippen LogP) is 5.10. The number of anilines is 1. The van der Waals surface area contributed by atoms with Crippen LogP contribution in [0.2, 0.25) is 0 Å². The molecular formula is C27H32N4O2S. The number of piperidine rings is 1. The minimum Gasteiger partial charge on any atom is -0.490 e. The van der Waals surface area contributed by atoms with Gasteiger partial charge in [-0.15, -0.1) is 11.3 Å². The van der Waals surface area contributed by atoms with E-state index in [-0.39, 0.29) is 23.8 Å². The standard InChI is InChI=1S/C27H32N4O2S/c1-3-24(25-5-4-16-34-25)30-27(32)19-8-11-23(28)22(17-19)26(29)18-6-9-20(10-7-18)33-21-12-14-31(2)15-13-21/h4-11,16-17,21,24,29H,3,12-15,28H2,1-2H3,(H,30,32). The third-order valence-corrected chi connectivity index (χ3v) is 7.28. The molecule has 0 bridgehead atoms. The first kappa shape index (κ1) is 24.0. The fourth-order valence-corrected chi connectivity index (χ4v) is 5.03. The number of rotatable bonds is 8. The Morgan fingerprint density at radius 3 is 2.53 bits per heavy atom. The van der Waals surface area contributed by atoms with Gasteiger partial charge in [-0.2, -0.15) is 0 Å². The van der Waals surface area contributed by atoms with E-state index in [9.17, 15) is 4.79 Å². The fraction of sp³-hybridized carbons (Fsp3) is 0.333. The Kier molecular flexibility index (Phi) is 7.65. The maximum atomic E-state index is 12.9. The van der Waals surface area contributed by atoms with Crippen LogP contribution in [0.25, 0.3) is 0 Å². The molecule has 2 heterocycles. The van der Waals surface area contributed by atoms with E-state index < -0.39 is 0 Å². The smallest absolute Gasteiger partial charge is 0.251 e. The zero-order chi connectivity index (χ0) is 24.1. The molecule has 1 unspecified atom stereocenters. The van der Waals surface area contributed by atoms with Gasteiger partial charge in [0, 0.05) is 40.3 Å². The number of carbonyl (C=O) groups is 1. The number of likely N-dealkylation sites (tertiary alicyclic amines) is 1. The number of nitrogens with two attached hydrogens (primary N) is 1.